The summed E-state index contributed by atoms with van der Waals surface area (Å²) < 4.78 is 19.2. The van der Waals surface area contributed by atoms with Crippen LogP contribution < -0.4 is 10.5 Å². The molecule has 0 saturated carbocycles. The van der Waals surface area contributed by atoms with Gasteiger partial charge < -0.3 is 10.5 Å². The summed E-state index contributed by atoms with van der Waals surface area (Å²) in [5.74, 6) is -2.19. The fourth-order valence-electron chi connectivity index (χ4n) is 1.78. The maximum atomic E-state index is 14.4. The van der Waals surface area contributed by atoms with Gasteiger partial charge in [-0.2, -0.15) is 5.26 Å². The number of benzene rings is 1. The summed E-state index contributed by atoms with van der Waals surface area (Å²) in [4.78, 5) is 18.8. The number of pyridine rings is 1. The van der Waals surface area contributed by atoms with E-state index in [1.54, 1.807) is 0 Å². The van der Waals surface area contributed by atoms with Crippen molar-refractivity contribution in [3.05, 3.63) is 39.8 Å². The molecule has 0 bridgehead atoms. The van der Waals surface area contributed by atoms with Crippen molar-refractivity contribution in [2.24, 2.45) is 0 Å². The van der Waals surface area contributed by atoms with Crippen molar-refractivity contribution in [1.82, 2.24) is 4.98 Å². The third-order valence-electron chi connectivity index (χ3n) is 2.79. The highest BCUT2D eigenvalue weighted by atomic mass is 35.5. The maximum absolute atomic E-state index is 14.4. The highest BCUT2D eigenvalue weighted by Crippen LogP contribution is 2.36. The lowest BCUT2D eigenvalue weighted by molar-refractivity contribution is -0.183. The van der Waals surface area contributed by atoms with Crippen molar-refractivity contribution in [1.29, 1.82) is 0 Å². The number of hydrogen-bond acceptors (Lipinski definition) is 6. The molecule has 1 aromatic carbocycles. The van der Waals surface area contributed by atoms with Crippen LogP contribution in [0.2, 0.25) is 10.0 Å². The molecular formula is C13H9Cl2FN2O4. The van der Waals surface area contributed by atoms with Gasteiger partial charge in [-0.05, 0) is 18.2 Å². The zero-order valence-electron chi connectivity index (χ0n) is 11.1. The van der Waals surface area contributed by atoms with E-state index in [0.29, 0.717) is 0 Å². The molecule has 0 amide bonds. The van der Waals surface area contributed by atoms with Crippen LogP contribution in [0.1, 0.15) is 10.5 Å². The molecule has 1 heterocycles. The van der Waals surface area contributed by atoms with E-state index >= 15 is 0 Å². The predicted octanol–water partition coefficient (Wildman–Crippen LogP) is 3.42. The van der Waals surface area contributed by atoms with Gasteiger partial charge in [0, 0.05) is 5.56 Å². The minimum Gasteiger partial charge on any atom is -0.492 e. The molecule has 2 aromatic rings. The Bertz CT molecular complexity index is 755. The monoisotopic (exact) mass is 346 g/mol. The van der Waals surface area contributed by atoms with Crippen molar-refractivity contribution in [2.75, 3.05) is 12.8 Å². The summed E-state index contributed by atoms with van der Waals surface area (Å²) in [6.07, 6.45) is 0. The highest BCUT2D eigenvalue weighted by Gasteiger charge is 2.21. The molecule has 0 aliphatic heterocycles. The number of nitrogens with two attached hydrogens (primary N) is 1. The Kier molecular flexibility index (Phi) is 4.70. The molecule has 3 N–H and O–H groups in total. The van der Waals surface area contributed by atoms with Crippen molar-refractivity contribution in [3.63, 3.8) is 0 Å². The number of nitrogens with zero attached hydrogens (tertiary/aromatic N) is 1. The lowest BCUT2D eigenvalue weighted by atomic mass is 10.1. The van der Waals surface area contributed by atoms with Gasteiger partial charge in [-0.1, -0.05) is 23.2 Å². The number of methoxy groups -OCH3 is 1. The number of carbonyl (C=O) groups is 1. The number of halogens is 3. The number of nitrogen functional groups attached to an aromatic ring is 1. The van der Waals surface area contributed by atoms with Crippen LogP contribution in [0, 0.1) is 5.82 Å². The molecule has 1 aromatic heterocycles. The van der Waals surface area contributed by atoms with Crippen LogP contribution in [0.4, 0.5) is 10.1 Å². The second-order valence-corrected chi connectivity index (χ2v) is 4.87. The van der Waals surface area contributed by atoms with Gasteiger partial charge in [-0.25, -0.2) is 14.2 Å². The summed E-state index contributed by atoms with van der Waals surface area (Å²) in [5.41, 5.74) is 5.15. The van der Waals surface area contributed by atoms with Gasteiger partial charge in [-0.3, -0.25) is 4.89 Å². The molecular weight excluding hydrogens is 338 g/mol. The van der Waals surface area contributed by atoms with E-state index in [1.807, 2.05) is 0 Å². The van der Waals surface area contributed by atoms with Crippen LogP contribution in [0.5, 0.6) is 5.75 Å². The molecule has 0 unspecified atom stereocenters. The van der Waals surface area contributed by atoms with E-state index in [1.165, 1.54) is 25.3 Å². The van der Waals surface area contributed by atoms with E-state index in [-0.39, 0.29) is 32.7 Å². The molecule has 0 atom stereocenters. The molecule has 0 saturated heterocycles. The molecule has 0 aliphatic rings. The van der Waals surface area contributed by atoms with Crippen LogP contribution in [0.15, 0.2) is 18.2 Å². The smallest absolute Gasteiger partial charge is 0.392 e. The Morgan fingerprint density at radius 1 is 1.41 bits per heavy atom. The third-order valence-corrected chi connectivity index (χ3v) is 3.49. The van der Waals surface area contributed by atoms with Crippen LogP contribution in [0.3, 0.4) is 0 Å². The second-order valence-electron chi connectivity index (χ2n) is 4.08. The minimum atomic E-state index is -1.22. The third kappa shape index (κ3) is 2.78. The van der Waals surface area contributed by atoms with Gasteiger partial charge in [0.25, 0.3) is 0 Å². The maximum Gasteiger partial charge on any atom is 0.392 e. The van der Waals surface area contributed by atoms with Crippen LogP contribution in [-0.4, -0.2) is 23.3 Å². The largest absolute Gasteiger partial charge is 0.492 e. The van der Waals surface area contributed by atoms with Crippen LogP contribution in [0.25, 0.3) is 11.3 Å². The normalized spacial score (nSPS) is 10.4. The number of hydrogen-bond donors (Lipinski definition) is 2. The molecule has 0 fully saturated rings. The van der Waals surface area contributed by atoms with E-state index in [4.69, 9.17) is 38.9 Å². The van der Waals surface area contributed by atoms with Gasteiger partial charge in [0.15, 0.2) is 17.3 Å². The lowest BCUT2D eigenvalue weighted by Gasteiger charge is -2.11. The zero-order chi connectivity index (χ0) is 16.4. The summed E-state index contributed by atoms with van der Waals surface area (Å²) in [5, 5.41) is 8.29. The molecule has 2 rings (SSSR count). The Labute approximate surface area is 134 Å². The minimum absolute atomic E-state index is 0.00485. The lowest BCUT2D eigenvalue weighted by Crippen LogP contribution is -2.08. The Morgan fingerprint density at radius 3 is 2.68 bits per heavy atom. The van der Waals surface area contributed by atoms with Gasteiger partial charge in [0.1, 0.15) is 0 Å². The van der Waals surface area contributed by atoms with Crippen molar-refractivity contribution < 1.29 is 24.1 Å². The zero-order valence-corrected chi connectivity index (χ0v) is 12.6. The Balaban J connectivity index is 2.69. The molecule has 0 spiro atoms. The van der Waals surface area contributed by atoms with Gasteiger partial charge in [0.05, 0.1) is 28.5 Å². The molecule has 0 radical (unpaired) electrons. The number of ether oxygens (including phenoxy) is 1. The highest BCUT2D eigenvalue weighted by molar-refractivity contribution is 6.35. The molecule has 9 heteroatoms. The Hall–Kier alpha value is -2.09. The first-order chi connectivity index (χ1) is 10.4. The van der Waals surface area contributed by atoms with E-state index < -0.39 is 17.5 Å². The van der Waals surface area contributed by atoms with Gasteiger partial charge in [-0.15, -0.1) is 0 Å². The SMILES string of the molecule is COc1c(Cl)ccc(-c2cc(N)c(Cl)c(C(=O)OO)n2)c1F. The van der Waals surface area contributed by atoms with E-state index in [0.717, 1.165) is 0 Å². The van der Waals surface area contributed by atoms with Crippen LogP contribution >= 0.6 is 23.2 Å². The van der Waals surface area contributed by atoms with Crippen molar-refractivity contribution in [3.8, 4) is 17.0 Å². The standard InChI is InChI=1S/C13H9Cl2FN2O4/c1-21-12-6(14)3-2-5(10(12)16)8-4-7(17)9(15)11(18-8)13(19)22-20/h2-4,20H,1H3,(H2,17,18). The van der Waals surface area contributed by atoms with Gasteiger partial charge >= 0.3 is 5.97 Å². The van der Waals surface area contributed by atoms with Crippen molar-refractivity contribution >= 4 is 34.9 Å². The molecule has 6 nitrogen and oxygen atoms in total. The first kappa shape index (κ1) is 16.3. The number of aromatic nitrogens is 1. The van der Waals surface area contributed by atoms with Gasteiger partial charge in [0.2, 0.25) is 0 Å². The predicted molar refractivity (Wildman–Crippen MR) is 78.7 cm³/mol. The van der Waals surface area contributed by atoms with Crippen molar-refractivity contribution in [2.45, 2.75) is 0 Å². The topological polar surface area (TPSA) is 94.7 Å². The average molecular weight is 347 g/mol. The fourth-order valence-corrected chi connectivity index (χ4v) is 2.18. The first-order valence-electron chi connectivity index (χ1n) is 5.74. The summed E-state index contributed by atoms with van der Waals surface area (Å²) in [6.45, 7) is 0. The average Bonchev–Trinajstić information content (AvgIpc) is 2.50. The number of rotatable bonds is 3. The summed E-state index contributed by atoms with van der Waals surface area (Å²) >= 11 is 11.6. The summed E-state index contributed by atoms with van der Waals surface area (Å²) in [6, 6.07) is 4.00. The molecule has 116 valence electrons. The van der Waals surface area contributed by atoms with E-state index in [9.17, 15) is 9.18 Å². The van der Waals surface area contributed by atoms with Crippen LogP contribution in [-0.2, 0) is 4.89 Å². The molecule has 0 aliphatic carbocycles. The quantitative estimate of drug-likeness (QED) is 0.653. The molecule has 22 heavy (non-hydrogen) atoms. The van der Waals surface area contributed by atoms with E-state index in [2.05, 4.69) is 9.87 Å². The fraction of sp³-hybridized carbons (Fsp3) is 0.0769. The Morgan fingerprint density at radius 2 is 2.09 bits per heavy atom. The number of anilines is 1. The number of carbonyl (C=O) groups excluding carboxylic acids is 1. The second kappa shape index (κ2) is 6.35. The first-order valence-corrected chi connectivity index (χ1v) is 6.50. The summed E-state index contributed by atoms with van der Waals surface area (Å²) in [7, 11) is 1.26.